The Morgan fingerprint density at radius 2 is 1.97 bits per heavy atom. The number of carbonyl (C=O) groups excluding carboxylic acids is 1. The summed E-state index contributed by atoms with van der Waals surface area (Å²) in [5.41, 5.74) is 0.177. The second-order valence-electron chi connectivity index (χ2n) is 9.72. The molecule has 2 aromatic rings. The van der Waals surface area contributed by atoms with Crippen LogP contribution in [0.25, 0.3) is 11.0 Å². The fourth-order valence-electron chi connectivity index (χ4n) is 5.42. The molecule has 2 aliphatic carbocycles. The van der Waals surface area contributed by atoms with E-state index in [2.05, 4.69) is 4.98 Å². The molecule has 0 radical (unpaired) electrons. The summed E-state index contributed by atoms with van der Waals surface area (Å²) in [6, 6.07) is 3.47. The third-order valence-corrected chi connectivity index (χ3v) is 7.11. The van der Waals surface area contributed by atoms with Crippen LogP contribution in [-0.2, 0) is 11.8 Å². The number of aryl methyl sites for hydroxylation is 1. The van der Waals surface area contributed by atoms with E-state index in [-0.39, 0.29) is 29.2 Å². The molecule has 0 unspecified atom stereocenters. The van der Waals surface area contributed by atoms with Crippen molar-refractivity contribution in [3.63, 3.8) is 0 Å². The molecule has 0 aromatic carbocycles. The van der Waals surface area contributed by atoms with Crippen molar-refractivity contribution in [1.29, 1.82) is 0 Å². The summed E-state index contributed by atoms with van der Waals surface area (Å²) >= 11 is 0. The number of hydrogen-bond acceptors (Lipinski definition) is 4. The van der Waals surface area contributed by atoms with Crippen molar-refractivity contribution in [2.45, 2.75) is 57.2 Å². The Labute approximate surface area is 169 Å². The average molecular weight is 401 g/mol. The smallest absolute Gasteiger partial charge is 0.225 e. The first-order valence-electron chi connectivity index (χ1n) is 10.5. The van der Waals surface area contributed by atoms with Crippen molar-refractivity contribution >= 4 is 16.9 Å². The maximum atomic E-state index is 13.8. The molecule has 5 rings (SSSR count). The highest BCUT2D eigenvalue weighted by molar-refractivity contribution is 5.81. The topological polar surface area (TPSA) is 67.6 Å². The quantitative estimate of drug-likeness (QED) is 0.859. The van der Waals surface area contributed by atoms with Crippen LogP contribution in [0.4, 0.5) is 4.39 Å². The van der Waals surface area contributed by atoms with Crippen LogP contribution in [0.3, 0.4) is 0 Å². The van der Waals surface area contributed by atoms with E-state index in [0.29, 0.717) is 29.8 Å². The minimum atomic E-state index is -0.652. The maximum absolute atomic E-state index is 13.8. The van der Waals surface area contributed by atoms with Gasteiger partial charge in [-0.1, -0.05) is 0 Å². The second kappa shape index (κ2) is 6.42. The molecule has 1 amide bonds. The maximum Gasteiger partial charge on any atom is 0.225 e. The Morgan fingerprint density at radius 1 is 1.28 bits per heavy atom. The van der Waals surface area contributed by atoms with Crippen LogP contribution in [-0.4, -0.2) is 50.3 Å². The Balaban J connectivity index is 1.14. The molecule has 2 saturated carbocycles. The summed E-state index contributed by atoms with van der Waals surface area (Å²) in [4.78, 5) is 19.0. The van der Waals surface area contributed by atoms with Crippen molar-refractivity contribution in [3.05, 3.63) is 24.1 Å². The van der Waals surface area contributed by atoms with Crippen LogP contribution >= 0.6 is 0 Å². The Hall–Kier alpha value is -2.15. The largest absolute Gasteiger partial charge is 0.474 e. The van der Waals surface area contributed by atoms with Crippen molar-refractivity contribution in [3.8, 4) is 5.88 Å². The summed E-state index contributed by atoms with van der Waals surface area (Å²) in [6.07, 6.45) is 6.71. The molecule has 3 aliphatic rings. The Morgan fingerprint density at radius 3 is 2.62 bits per heavy atom. The zero-order valence-corrected chi connectivity index (χ0v) is 17.0. The molecule has 1 spiro atoms. The van der Waals surface area contributed by atoms with Gasteiger partial charge in [0.15, 0.2) is 0 Å². The van der Waals surface area contributed by atoms with E-state index in [0.717, 1.165) is 38.8 Å². The first-order chi connectivity index (χ1) is 13.7. The number of ether oxygens (including phenoxy) is 1. The molecule has 29 heavy (non-hydrogen) atoms. The van der Waals surface area contributed by atoms with E-state index in [4.69, 9.17) is 4.74 Å². The molecule has 6 nitrogen and oxygen atoms in total. The Kier molecular flexibility index (Phi) is 4.18. The molecule has 3 fully saturated rings. The van der Waals surface area contributed by atoms with Gasteiger partial charge in [-0.3, -0.25) is 4.79 Å². The van der Waals surface area contributed by atoms with Crippen LogP contribution in [0.2, 0.25) is 0 Å². The number of rotatable bonds is 3. The molecule has 3 heterocycles. The summed E-state index contributed by atoms with van der Waals surface area (Å²) in [5, 5.41) is 10.4. The number of aromatic nitrogens is 2. The van der Waals surface area contributed by atoms with Gasteiger partial charge in [-0.05, 0) is 51.5 Å². The zero-order chi connectivity index (χ0) is 20.4. The molecule has 0 atom stereocenters. The number of halogens is 1. The standard InChI is InChI=1S/C22H28FN3O3/c1-21(28)9-14(10-21)20(27)26-12-22(13-26)7-5-15(6-8-22)29-18-4-3-16-17(23)11-25(2)19(16)24-18/h3-4,11,14-15,28H,5-10,12-13H2,1-2H3. The number of carbonyl (C=O) groups is 1. The summed E-state index contributed by atoms with van der Waals surface area (Å²) in [7, 11) is 1.78. The van der Waals surface area contributed by atoms with Gasteiger partial charge >= 0.3 is 0 Å². The molecule has 2 aromatic heterocycles. The molecular formula is C22H28FN3O3. The highest BCUT2D eigenvalue weighted by atomic mass is 19.1. The van der Waals surface area contributed by atoms with Crippen LogP contribution in [0, 0.1) is 17.2 Å². The average Bonchev–Trinajstić information content (AvgIpc) is 2.91. The van der Waals surface area contributed by atoms with Gasteiger partial charge in [0, 0.05) is 43.7 Å². The summed E-state index contributed by atoms with van der Waals surface area (Å²) < 4.78 is 21.6. The second-order valence-corrected chi connectivity index (χ2v) is 9.72. The minimum Gasteiger partial charge on any atom is -0.474 e. The van der Waals surface area contributed by atoms with Crippen molar-refractivity contribution in [2.24, 2.45) is 18.4 Å². The fraction of sp³-hybridized carbons (Fsp3) is 0.636. The van der Waals surface area contributed by atoms with Gasteiger partial charge in [0.25, 0.3) is 0 Å². The molecule has 0 bridgehead atoms. The number of fused-ring (bicyclic) bond motifs is 1. The van der Waals surface area contributed by atoms with E-state index in [1.807, 2.05) is 4.90 Å². The van der Waals surface area contributed by atoms with Crippen LogP contribution in [0.5, 0.6) is 5.88 Å². The van der Waals surface area contributed by atoms with Crippen LogP contribution in [0.1, 0.15) is 45.4 Å². The Bertz CT molecular complexity index is 946. The number of nitrogens with zero attached hydrogens (tertiary/aromatic N) is 3. The van der Waals surface area contributed by atoms with E-state index in [1.54, 1.807) is 30.7 Å². The van der Waals surface area contributed by atoms with Gasteiger partial charge in [0.1, 0.15) is 17.6 Å². The summed E-state index contributed by atoms with van der Waals surface area (Å²) in [5.74, 6) is 0.496. The number of likely N-dealkylation sites (tertiary alicyclic amines) is 1. The normalized spacial score (nSPS) is 29.0. The first-order valence-corrected chi connectivity index (χ1v) is 10.5. The third kappa shape index (κ3) is 3.29. The van der Waals surface area contributed by atoms with Gasteiger partial charge in [0.05, 0.1) is 11.0 Å². The molecular weight excluding hydrogens is 373 g/mol. The zero-order valence-electron chi connectivity index (χ0n) is 17.0. The highest BCUT2D eigenvalue weighted by Gasteiger charge is 2.51. The van der Waals surface area contributed by atoms with E-state index >= 15 is 0 Å². The lowest BCUT2D eigenvalue weighted by Gasteiger charge is -2.55. The molecule has 1 aliphatic heterocycles. The van der Waals surface area contributed by atoms with Crippen molar-refractivity contribution in [1.82, 2.24) is 14.5 Å². The number of amides is 1. The van der Waals surface area contributed by atoms with Gasteiger partial charge in [0.2, 0.25) is 11.8 Å². The predicted octanol–water partition coefficient (Wildman–Crippen LogP) is 3.02. The predicted molar refractivity (Wildman–Crippen MR) is 106 cm³/mol. The number of pyridine rings is 1. The third-order valence-electron chi connectivity index (χ3n) is 7.11. The lowest BCUT2D eigenvalue weighted by atomic mass is 9.66. The van der Waals surface area contributed by atoms with E-state index in [1.165, 1.54) is 6.20 Å². The lowest BCUT2D eigenvalue weighted by Crippen LogP contribution is -2.63. The first kappa shape index (κ1) is 18.9. The lowest BCUT2D eigenvalue weighted by molar-refractivity contribution is -0.164. The fourth-order valence-corrected chi connectivity index (χ4v) is 5.42. The highest BCUT2D eigenvalue weighted by Crippen LogP contribution is 2.47. The van der Waals surface area contributed by atoms with Gasteiger partial charge in [-0.25, -0.2) is 4.39 Å². The monoisotopic (exact) mass is 401 g/mol. The summed E-state index contributed by atoms with van der Waals surface area (Å²) in [6.45, 7) is 3.48. The van der Waals surface area contributed by atoms with Crippen molar-refractivity contribution in [2.75, 3.05) is 13.1 Å². The molecule has 1 saturated heterocycles. The van der Waals surface area contributed by atoms with Gasteiger partial charge in [-0.15, -0.1) is 0 Å². The molecule has 1 N–H and O–H groups in total. The van der Waals surface area contributed by atoms with Gasteiger partial charge < -0.3 is 19.3 Å². The minimum absolute atomic E-state index is 0.00497. The van der Waals surface area contributed by atoms with Crippen LogP contribution in [0.15, 0.2) is 18.3 Å². The van der Waals surface area contributed by atoms with E-state index < -0.39 is 5.60 Å². The molecule has 156 valence electrons. The SMILES string of the molecule is Cn1cc(F)c2ccc(OC3CCC4(CC3)CN(C(=O)C3CC(C)(O)C3)C4)nc21. The van der Waals surface area contributed by atoms with E-state index in [9.17, 15) is 14.3 Å². The number of hydrogen-bond donors (Lipinski definition) is 1. The van der Waals surface area contributed by atoms with Gasteiger partial charge in [-0.2, -0.15) is 4.98 Å². The van der Waals surface area contributed by atoms with Crippen LogP contribution < -0.4 is 4.74 Å². The number of aliphatic hydroxyl groups is 1. The van der Waals surface area contributed by atoms with Crippen molar-refractivity contribution < 1.29 is 19.0 Å². The molecule has 7 heteroatoms.